The van der Waals surface area contributed by atoms with Crippen LogP contribution in [0.5, 0.6) is 0 Å². The predicted molar refractivity (Wildman–Crippen MR) is 103 cm³/mol. The van der Waals surface area contributed by atoms with Crippen LogP contribution in [0, 0.1) is 0 Å². The molecule has 1 saturated heterocycles. The quantitative estimate of drug-likeness (QED) is 0.905. The Hall–Kier alpha value is -2.53. The van der Waals surface area contributed by atoms with Crippen LogP contribution in [-0.2, 0) is 22.4 Å². The maximum absolute atomic E-state index is 12.5. The van der Waals surface area contributed by atoms with Crippen LogP contribution in [0.25, 0.3) is 0 Å². The molecule has 26 heavy (non-hydrogen) atoms. The molecule has 5 nitrogen and oxygen atoms in total. The van der Waals surface area contributed by atoms with Gasteiger partial charge in [0, 0.05) is 42.6 Å². The summed E-state index contributed by atoms with van der Waals surface area (Å²) in [7, 11) is 0. The van der Waals surface area contributed by atoms with E-state index in [0.717, 1.165) is 35.6 Å². The van der Waals surface area contributed by atoms with Gasteiger partial charge in [0.15, 0.2) is 0 Å². The van der Waals surface area contributed by atoms with Crippen molar-refractivity contribution < 1.29 is 9.59 Å². The van der Waals surface area contributed by atoms with Crippen molar-refractivity contribution in [1.29, 1.82) is 0 Å². The molecule has 134 valence electrons. The van der Waals surface area contributed by atoms with Crippen molar-refractivity contribution >= 4 is 34.8 Å². The van der Waals surface area contributed by atoms with E-state index in [1.165, 1.54) is 0 Å². The molecule has 0 aromatic heterocycles. The number of hydrogen-bond donors (Lipinski definition) is 1. The summed E-state index contributed by atoms with van der Waals surface area (Å²) in [5, 5.41) is 3.54. The zero-order chi connectivity index (χ0) is 18.1. The standard InChI is InChI=1S/C20H20ClN3O2/c21-16-3-1-14(2-4-16)11-20(26)24-9-7-23(8-10-24)17-5-6-18-15(12-17)13-19(25)22-18/h1-6,12H,7-11,13H2,(H,22,25). The first-order chi connectivity index (χ1) is 12.6. The van der Waals surface area contributed by atoms with E-state index in [1.807, 2.05) is 41.3 Å². The second-order valence-electron chi connectivity index (χ2n) is 6.74. The number of hydrogen-bond acceptors (Lipinski definition) is 3. The molecule has 0 spiro atoms. The lowest BCUT2D eigenvalue weighted by atomic mass is 10.1. The minimum atomic E-state index is 0.0507. The number of nitrogens with zero attached hydrogens (tertiary/aromatic N) is 2. The largest absolute Gasteiger partial charge is 0.368 e. The van der Waals surface area contributed by atoms with E-state index < -0.39 is 0 Å². The van der Waals surface area contributed by atoms with Crippen LogP contribution >= 0.6 is 11.6 Å². The second-order valence-corrected chi connectivity index (χ2v) is 7.17. The SMILES string of the molecule is O=C1Cc2cc(N3CCN(C(=O)Cc4ccc(Cl)cc4)CC3)ccc2N1. The highest BCUT2D eigenvalue weighted by Gasteiger charge is 2.23. The first-order valence-electron chi connectivity index (χ1n) is 8.78. The number of piperazine rings is 1. The Morgan fingerprint density at radius 2 is 1.77 bits per heavy atom. The normalized spacial score (nSPS) is 16.4. The summed E-state index contributed by atoms with van der Waals surface area (Å²) >= 11 is 5.89. The van der Waals surface area contributed by atoms with Crippen LogP contribution in [0.2, 0.25) is 5.02 Å². The van der Waals surface area contributed by atoms with Gasteiger partial charge in [-0.05, 0) is 41.5 Å². The fraction of sp³-hybridized carbons (Fsp3) is 0.300. The van der Waals surface area contributed by atoms with Crippen molar-refractivity contribution in [3.63, 3.8) is 0 Å². The van der Waals surface area contributed by atoms with E-state index in [4.69, 9.17) is 11.6 Å². The first-order valence-corrected chi connectivity index (χ1v) is 9.16. The Morgan fingerprint density at radius 1 is 1.04 bits per heavy atom. The maximum atomic E-state index is 12.5. The van der Waals surface area contributed by atoms with Gasteiger partial charge in [-0.25, -0.2) is 0 Å². The maximum Gasteiger partial charge on any atom is 0.228 e. The van der Waals surface area contributed by atoms with Crippen LogP contribution in [0.4, 0.5) is 11.4 Å². The molecule has 2 aromatic rings. The Labute approximate surface area is 157 Å². The Morgan fingerprint density at radius 3 is 2.50 bits per heavy atom. The van der Waals surface area contributed by atoms with Crippen LogP contribution < -0.4 is 10.2 Å². The summed E-state index contributed by atoms with van der Waals surface area (Å²) < 4.78 is 0. The smallest absolute Gasteiger partial charge is 0.228 e. The second kappa shape index (κ2) is 7.00. The van der Waals surface area contributed by atoms with Gasteiger partial charge < -0.3 is 15.1 Å². The molecule has 1 N–H and O–H groups in total. The van der Waals surface area contributed by atoms with Gasteiger partial charge in [-0.2, -0.15) is 0 Å². The topological polar surface area (TPSA) is 52.7 Å². The lowest BCUT2D eigenvalue weighted by Crippen LogP contribution is -2.49. The molecule has 0 bridgehead atoms. The van der Waals surface area contributed by atoms with Gasteiger partial charge in [0.1, 0.15) is 0 Å². The minimum absolute atomic E-state index is 0.0507. The van der Waals surface area contributed by atoms with Gasteiger partial charge in [-0.3, -0.25) is 9.59 Å². The molecule has 2 aromatic carbocycles. The number of nitrogens with one attached hydrogen (secondary N) is 1. The van der Waals surface area contributed by atoms with Crippen LogP contribution in [0.1, 0.15) is 11.1 Å². The number of rotatable bonds is 3. The average molecular weight is 370 g/mol. The third-order valence-corrected chi connectivity index (χ3v) is 5.23. The number of carbonyl (C=O) groups is 2. The highest BCUT2D eigenvalue weighted by Crippen LogP contribution is 2.28. The fourth-order valence-corrected chi connectivity index (χ4v) is 3.64. The van der Waals surface area contributed by atoms with E-state index in [0.29, 0.717) is 31.0 Å². The van der Waals surface area contributed by atoms with Crippen molar-refractivity contribution in [1.82, 2.24) is 4.90 Å². The van der Waals surface area contributed by atoms with Gasteiger partial charge >= 0.3 is 0 Å². The monoisotopic (exact) mass is 369 g/mol. The molecule has 0 saturated carbocycles. The number of carbonyl (C=O) groups excluding carboxylic acids is 2. The van der Waals surface area contributed by atoms with Crippen molar-refractivity contribution in [3.05, 3.63) is 58.6 Å². The molecule has 1 fully saturated rings. The van der Waals surface area contributed by atoms with Gasteiger partial charge in [-0.15, -0.1) is 0 Å². The number of halogens is 1. The van der Waals surface area contributed by atoms with Gasteiger partial charge in [-0.1, -0.05) is 23.7 Å². The summed E-state index contributed by atoms with van der Waals surface area (Å²) in [6.45, 7) is 3.01. The Kier molecular flexibility index (Phi) is 4.55. The molecule has 6 heteroatoms. The molecule has 0 atom stereocenters. The van der Waals surface area contributed by atoms with Gasteiger partial charge in [0.05, 0.1) is 12.8 Å². The fourth-order valence-electron chi connectivity index (χ4n) is 3.52. The van der Waals surface area contributed by atoms with Crippen molar-refractivity contribution in [2.45, 2.75) is 12.8 Å². The molecule has 2 aliphatic heterocycles. The lowest BCUT2D eigenvalue weighted by Gasteiger charge is -2.36. The minimum Gasteiger partial charge on any atom is -0.368 e. The zero-order valence-electron chi connectivity index (χ0n) is 14.4. The molecule has 2 aliphatic rings. The summed E-state index contributed by atoms with van der Waals surface area (Å²) in [6.07, 6.45) is 0.854. The average Bonchev–Trinajstić information content (AvgIpc) is 3.03. The summed E-state index contributed by atoms with van der Waals surface area (Å²) in [4.78, 5) is 28.2. The molecule has 2 heterocycles. The van der Waals surface area contributed by atoms with Crippen molar-refractivity contribution in [2.75, 3.05) is 36.4 Å². The molecule has 0 unspecified atom stereocenters. The summed E-state index contributed by atoms with van der Waals surface area (Å²) in [5.74, 6) is 0.200. The van der Waals surface area contributed by atoms with Crippen LogP contribution in [0.15, 0.2) is 42.5 Å². The van der Waals surface area contributed by atoms with Crippen molar-refractivity contribution in [2.24, 2.45) is 0 Å². The Bertz CT molecular complexity index is 843. The first kappa shape index (κ1) is 16.9. The van der Waals surface area contributed by atoms with E-state index in [9.17, 15) is 9.59 Å². The molecular weight excluding hydrogens is 350 g/mol. The molecule has 4 rings (SSSR count). The van der Waals surface area contributed by atoms with Gasteiger partial charge in [0.25, 0.3) is 0 Å². The highest BCUT2D eigenvalue weighted by atomic mass is 35.5. The number of anilines is 2. The van der Waals surface area contributed by atoms with Crippen molar-refractivity contribution in [3.8, 4) is 0 Å². The molecule has 0 radical (unpaired) electrons. The molecule has 2 amide bonds. The number of fused-ring (bicyclic) bond motifs is 1. The lowest BCUT2D eigenvalue weighted by molar-refractivity contribution is -0.130. The molecule has 0 aliphatic carbocycles. The van der Waals surface area contributed by atoms with E-state index in [1.54, 1.807) is 0 Å². The number of amides is 2. The molecular formula is C20H20ClN3O2. The van der Waals surface area contributed by atoms with Gasteiger partial charge in [0.2, 0.25) is 11.8 Å². The predicted octanol–water partition coefficient (Wildman–Crippen LogP) is 2.73. The zero-order valence-corrected chi connectivity index (χ0v) is 15.1. The van der Waals surface area contributed by atoms with E-state index in [-0.39, 0.29) is 11.8 Å². The van der Waals surface area contributed by atoms with Crippen LogP contribution in [0.3, 0.4) is 0 Å². The van der Waals surface area contributed by atoms with E-state index in [2.05, 4.69) is 16.3 Å². The third-order valence-electron chi connectivity index (χ3n) is 4.98. The Balaban J connectivity index is 1.35. The summed E-state index contributed by atoms with van der Waals surface area (Å²) in [5.41, 5.74) is 4.06. The number of benzene rings is 2. The van der Waals surface area contributed by atoms with Crippen LogP contribution in [-0.4, -0.2) is 42.9 Å². The third kappa shape index (κ3) is 3.53. The highest BCUT2D eigenvalue weighted by molar-refractivity contribution is 6.30. The summed E-state index contributed by atoms with van der Waals surface area (Å²) in [6, 6.07) is 13.5. The van der Waals surface area contributed by atoms with E-state index >= 15 is 0 Å².